The van der Waals surface area contributed by atoms with Crippen molar-refractivity contribution < 1.29 is 0 Å². The molecule has 3 aromatic rings. The smallest absolute Gasteiger partial charge is 0.150 e. The molecule has 3 heterocycles. The summed E-state index contributed by atoms with van der Waals surface area (Å²) in [5.74, 6) is 2.52. The highest BCUT2D eigenvalue weighted by Crippen LogP contribution is 2.35. The Kier molecular flexibility index (Phi) is 5.21. The number of anilines is 1. The third-order valence-corrected chi connectivity index (χ3v) is 6.33. The van der Waals surface area contributed by atoms with Gasteiger partial charge in [0.05, 0.1) is 11.1 Å². The summed E-state index contributed by atoms with van der Waals surface area (Å²) in [6.45, 7) is 16.4. The van der Waals surface area contributed by atoms with E-state index in [0.29, 0.717) is 5.92 Å². The number of fused-ring (bicyclic) bond motifs is 1. The third kappa shape index (κ3) is 3.34. The first-order chi connectivity index (χ1) is 13.4. The van der Waals surface area contributed by atoms with Crippen LogP contribution in [0.3, 0.4) is 0 Å². The Labute approximate surface area is 176 Å². The zero-order valence-electron chi connectivity index (χ0n) is 17.1. The summed E-state index contributed by atoms with van der Waals surface area (Å²) in [5, 5.41) is 1.17. The van der Waals surface area contributed by atoms with E-state index in [4.69, 9.17) is 16.9 Å². The Morgan fingerprint density at radius 3 is 2.29 bits per heavy atom. The number of hydrogen-bond acceptors (Lipinski definition) is 3. The molecule has 0 unspecified atom stereocenters. The SMILES string of the molecule is [CH]CC1CCN(c2nc(C)nc3c2c(C)cn3-c2c(C)cc(Br)cc2C)CC1. The van der Waals surface area contributed by atoms with Crippen molar-refractivity contribution in [2.24, 2.45) is 5.92 Å². The number of aryl methyl sites for hydroxylation is 4. The second-order valence-corrected chi connectivity index (χ2v) is 8.95. The lowest BCUT2D eigenvalue weighted by Crippen LogP contribution is -2.34. The Hall–Kier alpha value is -1.88. The first-order valence-corrected chi connectivity index (χ1v) is 10.8. The predicted octanol–water partition coefficient (Wildman–Crippen LogP) is 5.73. The Bertz CT molecular complexity index is 1010. The average molecular weight is 439 g/mol. The molecule has 0 bridgehead atoms. The maximum atomic E-state index is 5.88. The fourth-order valence-electron chi connectivity index (χ4n) is 4.45. The van der Waals surface area contributed by atoms with Crippen LogP contribution in [0.1, 0.15) is 41.8 Å². The number of aromatic nitrogens is 3. The monoisotopic (exact) mass is 438 g/mol. The molecule has 1 aromatic carbocycles. The summed E-state index contributed by atoms with van der Waals surface area (Å²) < 4.78 is 3.35. The molecule has 146 valence electrons. The molecule has 1 fully saturated rings. The fourth-order valence-corrected chi connectivity index (χ4v) is 5.14. The van der Waals surface area contributed by atoms with Crippen molar-refractivity contribution >= 4 is 32.8 Å². The zero-order chi connectivity index (χ0) is 20.0. The van der Waals surface area contributed by atoms with E-state index in [1.54, 1.807) is 0 Å². The van der Waals surface area contributed by atoms with Crippen LogP contribution in [0.15, 0.2) is 22.8 Å². The Morgan fingerprint density at radius 1 is 1.04 bits per heavy atom. The molecule has 0 aliphatic carbocycles. The van der Waals surface area contributed by atoms with Crippen molar-refractivity contribution in [2.45, 2.75) is 47.0 Å². The fraction of sp³-hybridized carbons (Fsp3) is 0.435. The van der Waals surface area contributed by atoms with Crippen molar-refractivity contribution in [1.29, 1.82) is 0 Å². The van der Waals surface area contributed by atoms with Gasteiger partial charge in [-0.3, -0.25) is 0 Å². The van der Waals surface area contributed by atoms with E-state index in [-0.39, 0.29) is 0 Å². The van der Waals surface area contributed by atoms with E-state index in [0.717, 1.165) is 54.1 Å². The standard InChI is InChI=1S/C23H27BrN4/c1-6-18-7-9-27(10-8-18)22-20-16(4)13-28(23(20)26-17(5)25-22)21-14(2)11-19(24)12-15(21)3/h1,11-13,18H,6-10H2,2-5H3. The summed E-state index contributed by atoms with van der Waals surface area (Å²) >= 11 is 3.61. The number of benzene rings is 1. The second-order valence-electron chi connectivity index (χ2n) is 8.03. The van der Waals surface area contributed by atoms with E-state index >= 15 is 0 Å². The van der Waals surface area contributed by atoms with Gasteiger partial charge in [-0.2, -0.15) is 0 Å². The second kappa shape index (κ2) is 7.51. The lowest BCUT2D eigenvalue weighted by Gasteiger charge is -2.33. The van der Waals surface area contributed by atoms with Gasteiger partial charge in [0.2, 0.25) is 0 Å². The van der Waals surface area contributed by atoms with E-state index < -0.39 is 0 Å². The molecule has 1 saturated heterocycles. The highest BCUT2D eigenvalue weighted by Gasteiger charge is 2.24. The molecule has 2 aromatic heterocycles. The van der Waals surface area contributed by atoms with Gasteiger partial charge in [-0.15, -0.1) is 0 Å². The van der Waals surface area contributed by atoms with Gasteiger partial charge in [0, 0.05) is 23.8 Å². The largest absolute Gasteiger partial charge is 0.356 e. The molecule has 0 N–H and O–H groups in total. The molecular formula is C23H27BrN4. The molecule has 28 heavy (non-hydrogen) atoms. The molecule has 0 amide bonds. The summed E-state index contributed by atoms with van der Waals surface area (Å²) in [5.41, 5.74) is 5.87. The number of piperidine rings is 1. The van der Waals surface area contributed by atoms with Gasteiger partial charge in [-0.1, -0.05) is 15.9 Å². The van der Waals surface area contributed by atoms with Crippen LogP contribution in [-0.2, 0) is 0 Å². The number of nitrogens with zero attached hydrogens (tertiary/aromatic N) is 4. The minimum Gasteiger partial charge on any atom is -0.356 e. The minimum atomic E-state index is 0.633. The Balaban J connectivity index is 1.88. The molecule has 0 saturated carbocycles. The van der Waals surface area contributed by atoms with Crippen LogP contribution in [0, 0.1) is 40.5 Å². The molecular weight excluding hydrogens is 412 g/mol. The van der Waals surface area contributed by atoms with Crippen LogP contribution in [-0.4, -0.2) is 27.6 Å². The van der Waals surface area contributed by atoms with Crippen molar-refractivity contribution in [3.63, 3.8) is 0 Å². The van der Waals surface area contributed by atoms with E-state index in [2.05, 4.69) is 64.5 Å². The molecule has 1 aliphatic heterocycles. The number of hydrogen-bond donors (Lipinski definition) is 0. The van der Waals surface area contributed by atoms with Crippen LogP contribution in [0.4, 0.5) is 5.82 Å². The molecule has 0 spiro atoms. The lowest BCUT2D eigenvalue weighted by molar-refractivity contribution is 0.407. The summed E-state index contributed by atoms with van der Waals surface area (Å²) in [6.07, 6.45) is 5.25. The average Bonchev–Trinajstić information content (AvgIpc) is 2.96. The van der Waals surface area contributed by atoms with E-state index in [9.17, 15) is 0 Å². The zero-order valence-corrected chi connectivity index (χ0v) is 18.7. The molecule has 4 rings (SSSR count). The predicted molar refractivity (Wildman–Crippen MR) is 119 cm³/mol. The van der Waals surface area contributed by atoms with Crippen LogP contribution in [0.25, 0.3) is 16.7 Å². The first kappa shape index (κ1) is 19.4. The van der Waals surface area contributed by atoms with E-state index in [1.807, 2.05) is 6.92 Å². The topological polar surface area (TPSA) is 34.0 Å². The van der Waals surface area contributed by atoms with Crippen LogP contribution < -0.4 is 4.90 Å². The van der Waals surface area contributed by atoms with Gasteiger partial charge in [-0.05, 0) is 88.6 Å². The first-order valence-electron chi connectivity index (χ1n) is 9.97. The van der Waals surface area contributed by atoms with Crippen molar-refractivity contribution in [3.05, 3.63) is 52.2 Å². The molecule has 2 radical (unpaired) electrons. The summed E-state index contributed by atoms with van der Waals surface area (Å²) in [7, 11) is 0. The quantitative estimate of drug-likeness (QED) is 0.522. The normalized spacial score (nSPS) is 15.6. The minimum absolute atomic E-state index is 0.633. The van der Waals surface area contributed by atoms with Crippen LogP contribution in [0.2, 0.25) is 0 Å². The van der Waals surface area contributed by atoms with Gasteiger partial charge in [0.1, 0.15) is 11.6 Å². The molecule has 4 nitrogen and oxygen atoms in total. The van der Waals surface area contributed by atoms with Crippen LogP contribution in [0.5, 0.6) is 0 Å². The van der Waals surface area contributed by atoms with Crippen LogP contribution >= 0.6 is 15.9 Å². The highest BCUT2D eigenvalue weighted by atomic mass is 79.9. The summed E-state index contributed by atoms with van der Waals surface area (Å²) in [4.78, 5) is 12.1. The molecule has 5 heteroatoms. The molecule has 1 aliphatic rings. The van der Waals surface area contributed by atoms with Crippen molar-refractivity contribution in [1.82, 2.24) is 14.5 Å². The number of rotatable bonds is 3. The third-order valence-electron chi connectivity index (χ3n) is 5.87. The maximum Gasteiger partial charge on any atom is 0.150 e. The Morgan fingerprint density at radius 2 is 1.68 bits per heavy atom. The van der Waals surface area contributed by atoms with Gasteiger partial charge in [-0.25, -0.2) is 9.97 Å². The van der Waals surface area contributed by atoms with Gasteiger partial charge in [0.15, 0.2) is 5.65 Å². The highest BCUT2D eigenvalue weighted by molar-refractivity contribution is 9.10. The van der Waals surface area contributed by atoms with Crippen molar-refractivity contribution in [2.75, 3.05) is 18.0 Å². The summed E-state index contributed by atoms with van der Waals surface area (Å²) in [6, 6.07) is 4.33. The number of halogens is 1. The lowest BCUT2D eigenvalue weighted by atomic mass is 9.94. The van der Waals surface area contributed by atoms with Crippen molar-refractivity contribution in [3.8, 4) is 5.69 Å². The van der Waals surface area contributed by atoms with E-state index in [1.165, 1.54) is 27.8 Å². The van der Waals surface area contributed by atoms with Gasteiger partial charge >= 0.3 is 0 Å². The van der Waals surface area contributed by atoms with Gasteiger partial charge < -0.3 is 9.47 Å². The maximum absolute atomic E-state index is 5.88. The molecule has 0 atom stereocenters. The van der Waals surface area contributed by atoms with Gasteiger partial charge in [0.25, 0.3) is 0 Å².